The fourth-order valence-electron chi connectivity index (χ4n) is 2.82. The van der Waals surface area contributed by atoms with Crippen LogP contribution in [0.4, 0.5) is 13.2 Å². The molecule has 1 fully saturated rings. The van der Waals surface area contributed by atoms with Crippen LogP contribution >= 0.6 is 0 Å². The zero-order valence-corrected chi connectivity index (χ0v) is 13.5. The molecule has 1 aromatic carbocycles. The minimum atomic E-state index is -4.12. The van der Waals surface area contributed by atoms with Gasteiger partial charge in [0.25, 0.3) is 0 Å². The first-order valence-corrected chi connectivity index (χ1v) is 7.57. The number of benzene rings is 1. The lowest BCUT2D eigenvalue weighted by atomic mass is 10.1. The first-order valence-electron chi connectivity index (χ1n) is 7.57. The van der Waals surface area contributed by atoms with Gasteiger partial charge in [0.1, 0.15) is 5.75 Å². The lowest BCUT2D eigenvalue weighted by molar-refractivity contribution is -0.149. The van der Waals surface area contributed by atoms with E-state index in [2.05, 4.69) is 4.90 Å². The van der Waals surface area contributed by atoms with Crippen molar-refractivity contribution in [3.05, 3.63) is 29.3 Å². The maximum absolute atomic E-state index is 12.4. The standard InChI is InChI=1S/C16H23F3N2O2/c1-22-11-14-9-13(3-4-15(14)23-2)10-20-5-7-21(8-6-20)12-16(17,18)19/h3-4,9H,5-8,10-12H2,1-2H3. The Morgan fingerprint density at radius 2 is 1.70 bits per heavy atom. The third-order valence-corrected chi connectivity index (χ3v) is 3.92. The van der Waals surface area contributed by atoms with Gasteiger partial charge in [-0.2, -0.15) is 13.2 Å². The summed E-state index contributed by atoms with van der Waals surface area (Å²) in [6, 6.07) is 5.92. The second-order valence-corrected chi connectivity index (χ2v) is 5.75. The quantitative estimate of drug-likeness (QED) is 0.799. The molecule has 4 nitrogen and oxygen atoms in total. The van der Waals surface area contributed by atoms with Crippen molar-refractivity contribution in [2.45, 2.75) is 19.3 Å². The summed E-state index contributed by atoms with van der Waals surface area (Å²) >= 11 is 0. The molecule has 1 aliphatic heterocycles. The van der Waals surface area contributed by atoms with Gasteiger partial charge >= 0.3 is 6.18 Å². The summed E-state index contributed by atoms with van der Waals surface area (Å²) in [4.78, 5) is 3.63. The van der Waals surface area contributed by atoms with Crippen molar-refractivity contribution < 1.29 is 22.6 Å². The second-order valence-electron chi connectivity index (χ2n) is 5.75. The highest BCUT2D eigenvalue weighted by Gasteiger charge is 2.32. The third-order valence-electron chi connectivity index (χ3n) is 3.92. The number of rotatable bonds is 6. The molecule has 0 amide bonds. The van der Waals surface area contributed by atoms with E-state index in [1.807, 2.05) is 18.2 Å². The lowest BCUT2D eigenvalue weighted by Crippen LogP contribution is -2.48. The SMILES string of the molecule is COCc1cc(CN2CCN(CC(F)(F)F)CC2)ccc1OC. The van der Waals surface area contributed by atoms with Crippen LogP contribution in [-0.2, 0) is 17.9 Å². The van der Waals surface area contributed by atoms with E-state index in [1.54, 1.807) is 14.2 Å². The van der Waals surface area contributed by atoms with Crippen molar-refractivity contribution in [3.63, 3.8) is 0 Å². The molecule has 0 unspecified atom stereocenters. The predicted molar refractivity (Wildman–Crippen MR) is 81.5 cm³/mol. The van der Waals surface area contributed by atoms with Gasteiger partial charge < -0.3 is 9.47 Å². The number of hydrogen-bond donors (Lipinski definition) is 0. The van der Waals surface area contributed by atoms with Gasteiger partial charge in [-0.1, -0.05) is 6.07 Å². The van der Waals surface area contributed by atoms with E-state index in [9.17, 15) is 13.2 Å². The van der Waals surface area contributed by atoms with Crippen molar-refractivity contribution in [2.75, 3.05) is 46.9 Å². The smallest absolute Gasteiger partial charge is 0.401 e. The van der Waals surface area contributed by atoms with E-state index in [0.29, 0.717) is 32.8 Å². The number of hydrogen-bond acceptors (Lipinski definition) is 4. The summed E-state index contributed by atoms with van der Waals surface area (Å²) in [5.41, 5.74) is 2.09. The number of nitrogens with zero attached hydrogens (tertiary/aromatic N) is 2. The molecule has 1 aliphatic rings. The van der Waals surface area contributed by atoms with Gasteiger partial charge in [0.05, 0.1) is 20.3 Å². The zero-order valence-electron chi connectivity index (χ0n) is 13.5. The molecule has 0 N–H and O–H groups in total. The average molecular weight is 332 g/mol. The van der Waals surface area contributed by atoms with E-state index in [-0.39, 0.29) is 0 Å². The summed E-state index contributed by atoms with van der Waals surface area (Å²) in [6.07, 6.45) is -4.12. The Morgan fingerprint density at radius 1 is 1.04 bits per heavy atom. The Labute approximate surface area is 134 Å². The van der Waals surface area contributed by atoms with Gasteiger partial charge in [0.15, 0.2) is 0 Å². The fourth-order valence-corrected chi connectivity index (χ4v) is 2.82. The molecule has 0 atom stereocenters. The zero-order chi connectivity index (χ0) is 16.9. The van der Waals surface area contributed by atoms with Gasteiger partial charge in [0.2, 0.25) is 0 Å². The van der Waals surface area contributed by atoms with Gasteiger partial charge in [0, 0.05) is 45.4 Å². The van der Waals surface area contributed by atoms with Gasteiger partial charge in [-0.05, 0) is 17.7 Å². The summed E-state index contributed by atoms with van der Waals surface area (Å²) in [7, 11) is 3.25. The highest BCUT2D eigenvalue weighted by molar-refractivity contribution is 5.37. The van der Waals surface area contributed by atoms with E-state index >= 15 is 0 Å². The molecular formula is C16H23F3N2O2. The molecule has 23 heavy (non-hydrogen) atoms. The van der Waals surface area contributed by atoms with Crippen molar-refractivity contribution in [1.29, 1.82) is 0 Å². The summed E-state index contributed by atoms with van der Waals surface area (Å²) in [5, 5.41) is 0. The molecule has 0 radical (unpaired) electrons. The molecule has 1 aromatic rings. The van der Waals surface area contributed by atoms with E-state index in [0.717, 1.165) is 23.4 Å². The van der Waals surface area contributed by atoms with Crippen LogP contribution in [0.5, 0.6) is 5.75 Å². The third kappa shape index (κ3) is 5.67. The molecule has 7 heteroatoms. The number of ether oxygens (including phenoxy) is 2. The molecule has 0 aromatic heterocycles. The van der Waals surface area contributed by atoms with E-state index in [4.69, 9.17) is 9.47 Å². The van der Waals surface area contributed by atoms with E-state index in [1.165, 1.54) is 4.90 Å². The number of methoxy groups -OCH3 is 2. The number of piperazine rings is 1. The Kier molecular flexibility index (Phi) is 6.26. The molecule has 0 spiro atoms. The predicted octanol–water partition coefficient (Wildman–Crippen LogP) is 2.52. The minimum absolute atomic E-state index is 0.445. The molecule has 0 aliphatic carbocycles. The van der Waals surface area contributed by atoms with Crippen molar-refractivity contribution in [1.82, 2.24) is 9.80 Å². The van der Waals surface area contributed by atoms with Crippen molar-refractivity contribution in [3.8, 4) is 5.75 Å². The molecule has 1 heterocycles. The van der Waals surface area contributed by atoms with Crippen LogP contribution in [-0.4, -0.2) is 62.9 Å². The van der Waals surface area contributed by atoms with Crippen LogP contribution in [0, 0.1) is 0 Å². The lowest BCUT2D eigenvalue weighted by Gasteiger charge is -2.35. The first-order chi connectivity index (χ1) is 10.9. The summed E-state index contributed by atoms with van der Waals surface area (Å²) in [6.45, 7) is 2.54. The maximum atomic E-state index is 12.4. The molecule has 0 bridgehead atoms. The second kappa shape index (κ2) is 7.99. The van der Waals surface area contributed by atoms with Crippen LogP contribution in [0.3, 0.4) is 0 Å². The normalized spacial score (nSPS) is 17.4. The highest BCUT2D eigenvalue weighted by Crippen LogP contribution is 2.22. The molecule has 1 saturated heterocycles. The van der Waals surface area contributed by atoms with Crippen molar-refractivity contribution in [2.24, 2.45) is 0 Å². The molecular weight excluding hydrogens is 309 g/mol. The summed E-state index contributed by atoms with van der Waals surface area (Å²) in [5.74, 6) is 0.783. The molecule has 0 saturated carbocycles. The Bertz CT molecular complexity index is 501. The first kappa shape index (κ1) is 18.0. The van der Waals surface area contributed by atoms with Crippen LogP contribution in [0.2, 0.25) is 0 Å². The Balaban J connectivity index is 1.90. The van der Waals surface area contributed by atoms with Gasteiger partial charge in [-0.25, -0.2) is 0 Å². The Morgan fingerprint density at radius 3 is 2.26 bits per heavy atom. The number of alkyl halides is 3. The largest absolute Gasteiger partial charge is 0.496 e. The summed E-state index contributed by atoms with van der Waals surface area (Å²) < 4.78 is 47.6. The maximum Gasteiger partial charge on any atom is 0.401 e. The number of halogens is 3. The van der Waals surface area contributed by atoms with Crippen molar-refractivity contribution >= 4 is 0 Å². The Hall–Kier alpha value is -1.31. The van der Waals surface area contributed by atoms with Crippen LogP contribution < -0.4 is 4.74 Å². The van der Waals surface area contributed by atoms with E-state index < -0.39 is 12.7 Å². The van der Waals surface area contributed by atoms with Crippen LogP contribution in [0.25, 0.3) is 0 Å². The highest BCUT2D eigenvalue weighted by atomic mass is 19.4. The average Bonchev–Trinajstić information content (AvgIpc) is 2.48. The monoisotopic (exact) mass is 332 g/mol. The van der Waals surface area contributed by atoms with Gasteiger partial charge in [-0.15, -0.1) is 0 Å². The topological polar surface area (TPSA) is 24.9 Å². The molecule has 130 valence electrons. The van der Waals surface area contributed by atoms with Gasteiger partial charge in [-0.3, -0.25) is 9.80 Å². The molecule has 2 rings (SSSR count). The van der Waals surface area contributed by atoms with Crippen LogP contribution in [0.15, 0.2) is 18.2 Å². The minimum Gasteiger partial charge on any atom is -0.496 e. The van der Waals surface area contributed by atoms with Crippen LogP contribution in [0.1, 0.15) is 11.1 Å². The fraction of sp³-hybridized carbons (Fsp3) is 0.625.